The summed E-state index contributed by atoms with van der Waals surface area (Å²) in [6.45, 7) is 1.04. The van der Waals surface area contributed by atoms with E-state index < -0.39 is 6.17 Å². The summed E-state index contributed by atoms with van der Waals surface area (Å²) in [5.41, 5.74) is 0.779. The summed E-state index contributed by atoms with van der Waals surface area (Å²) < 4.78 is 15.0. The Hall–Kier alpha value is -0.410. The van der Waals surface area contributed by atoms with E-state index in [1.165, 1.54) is 12.8 Å². The number of rotatable bonds is 3. The fourth-order valence-corrected chi connectivity index (χ4v) is 2.63. The van der Waals surface area contributed by atoms with Gasteiger partial charge >= 0.3 is 0 Å². The molecule has 16 heavy (non-hydrogen) atoms. The first-order chi connectivity index (χ1) is 7.75. The van der Waals surface area contributed by atoms with Crippen LogP contribution in [0, 0.1) is 0 Å². The molecule has 0 amide bonds. The van der Waals surface area contributed by atoms with Crippen molar-refractivity contribution < 1.29 is 4.39 Å². The zero-order valence-corrected chi connectivity index (χ0v) is 10.8. The van der Waals surface area contributed by atoms with Crippen molar-refractivity contribution in [3.05, 3.63) is 34.3 Å². The summed E-state index contributed by atoms with van der Waals surface area (Å²) in [4.78, 5) is 0. The molecule has 0 aliphatic carbocycles. The van der Waals surface area contributed by atoms with Crippen LogP contribution in [0.5, 0.6) is 0 Å². The van der Waals surface area contributed by atoms with Gasteiger partial charge in [0.05, 0.1) is 0 Å². The largest absolute Gasteiger partial charge is 0.314 e. The molecule has 1 aromatic rings. The summed E-state index contributed by atoms with van der Waals surface area (Å²) in [5, 5.41) is 3.38. The minimum Gasteiger partial charge on any atom is -0.314 e. The first-order valence-corrected chi connectivity index (χ1v) is 6.68. The molecule has 2 atom stereocenters. The first-order valence-electron chi connectivity index (χ1n) is 5.88. The fraction of sp³-hybridized carbons (Fsp3) is 0.538. The molecule has 2 rings (SSSR count). The van der Waals surface area contributed by atoms with Crippen LogP contribution in [-0.4, -0.2) is 12.6 Å². The maximum atomic E-state index is 14.0. The van der Waals surface area contributed by atoms with Crippen molar-refractivity contribution in [1.29, 1.82) is 0 Å². The van der Waals surface area contributed by atoms with Crippen molar-refractivity contribution in [2.24, 2.45) is 0 Å². The number of hydrogen-bond donors (Lipinski definition) is 1. The standard InChI is InChI=1S/C13H17BrFN/c14-11-5-3-4-10(8-11)13(15)9-12-6-1-2-7-16-12/h3-5,8,12-13,16H,1-2,6-7,9H2. The quantitative estimate of drug-likeness (QED) is 0.885. The van der Waals surface area contributed by atoms with Gasteiger partial charge in [-0.25, -0.2) is 4.39 Å². The van der Waals surface area contributed by atoms with E-state index in [-0.39, 0.29) is 0 Å². The summed E-state index contributed by atoms with van der Waals surface area (Å²) >= 11 is 3.37. The van der Waals surface area contributed by atoms with Crippen LogP contribution in [0.15, 0.2) is 28.7 Å². The third-order valence-electron chi connectivity index (χ3n) is 3.11. The number of halogens is 2. The molecule has 0 radical (unpaired) electrons. The molecular weight excluding hydrogens is 269 g/mol. The second-order valence-electron chi connectivity index (χ2n) is 4.41. The van der Waals surface area contributed by atoms with Gasteiger partial charge in [0, 0.05) is 10.5 Å². The maximum Gasteiger partial charge on any atom is 0.127 e. The Bertz CT molecular complexity index is 336. The maximum absolute atomic E-state index is 14.0. The molecule has 1 heterocycles. The van der Waals surface area contributed by atoms with Gasteiger partial charge < -0.3 is 5.32 Å². The van der Waals surface area contributed by atoms with Crippen molar-refractivity contribution in [2.45, 2.75) is 37.9 Å². The van der Waals surface area contributed by atoms with Crippen molar-refractivity contribution in [1.82, 2.24) is 5.32 Å². The lowest BCUT2D eigenvalue weighted by molar-refractivity contribution is 0.260. The molecule has 1 fully saturated rings. The van der Waals surface area contributed by atoms with Crippen LogP contribution in [0.3, 0.4) is 0 Å². The molecular formula is C13H17BrFN. The van der Waals surface area contributed by atoms with Crippen LogP contribution in [0.1, 0.15) is 37.4 Å². The summed E-state index contributed by atoms with van der Waals surface area (Å²) in [5.74, 6) is 0. The highest BCUT2D eigenvalue weighted by molar-refractivity contribution is 9.10. The Labute approximate surface area is 105 Å². The van der Waals surface area contributed by atoms with E-state index in [2.05, 4.69) is 21.2 Å². The molecule has 0 saturated carbocycles. The number of benzene rings is 1. The van der Waals surface area contributed by atoms with Crippen LogP contribution in [0.25, 0.3) is 0 Å². The topological polar surface area (TPSA) is 12.0 Å². The van der Waals surface area contributed by atoms with Gasteiger partial charge in [0.2, 0.25) is 0 Å². The molecule has 1 aromatic carbocycles. The zero-order valence-electron chi connectivity index (χ0n) is 9.26. The summed E-state index contributed by atoms with van der Waals surface area (Å²) in [6.07, 6.45) is 3.30. The lowest BCUT2D eigenvalue weighted by Gasteiger charge is -2.24. The Balaban J connectivity index is 1.94. The SMILES string of the molecule is FC(CC1CCCCN1)c1cccc(Br)c1. The van der Waals surface area contributed by atoms with Gasteiger partial charge in [0.25, 0.3) is 0 Å². The Morgan fingerprint density at radius 2 is 2.31 bits per heavy atom. The van der Waals surface area contributed by atoms with Crippen LogP contribution in [0.2, 0.25) is 0 Å². The van der Waals surface area contributed by atoms with Crippen LogP contribution < -0.4 is 5.32 Å². The lowest BCUT2D eigenvalue weighted by atomic mass is 9.97. The van der Waals surface area contributed by atoms with Gasteiger partial charge in [-0.2, -0.15) is 0 Å². The molecule has 0 spiro atoms. The second kappa shape index (κ2) is 5.78. The predicted molar refractivity (Wildman–Crippen MR) is 68.2 cm³/mol. The van der Waals surface area contributed by atoms with E-state index in [4.69, 9.17) is 0 Å². The zero-order chi connectivity index (χ0) is 11.4. The molecule has 1 aliphatic rings. The normalized spacial score (nSPS) is 23.0. The third kappa shape index (κ3) is 3.29. The Kier molecular flexibility index (Phi) is 4.36. The van der Waals surface area contributed by atoms with Gasteiger partial charge in [-0.05, 0) is 43.5 Å². The summed E-state index contributed by atoms with van der Waals surface area (Å²) in [6, 6.07) is 7.89. The van der Waals surface area contributed by atoms with Gasteiger partial charge in [0.15, 0.2) is 0 Å². The first kappa shape index (κ1) is 12.1. The molecule has 1 nitrogen and oxygen atoms in total. The molecule has 1 saturated heterocycles. The van der Waals surface area contributed by atoms with E-state index in [0.717, 1.165) is 23.0 Å². The minimum absolute atomic E-state index is 0.350. The number of piperidine rings is 1. The van der Waals surface area contributed by atoms with Crippen molar-refractivity contribution >= 4 is 15.9 Å². The average Bonchev–Trinajstić information content (AvgIpc) is 2.30. The van der Waals surface area contributed by atoms with Gasteiger partial charge in [-0.15, -0.1) is 0 Å². The van der Waals surface area contributed by atoms with Crippen molar-refractivity contribution in [2.75, 3.05) is 6.54 Å². The van der Waals surface area contributed by atoms with E-state index in [9.17, 15) is 4.39 Å². The monoisotopic (exact) mass is 285 g/mol. The molecule has 1 N–H and O–H groups in total. The smallest absolute Gasteiger partial charge is 0.127 e. The van der Waals surface area contributed by atoms with E-state index in [1.54, 1.807) is 0 Å². The van der Waals surface area contributed by atoms with Gasteiger partial charge in [-0.1, -0.05) is 34.5 Å². The average molecular weight is 286 g/mol. The molecule has 1 aliphatic heterocycles. The molecule has 88 valence electrons. The molecule has 3 heteroatoms. The highest BCUT2D eigenvalue weighted by Gasteiger charge is 2.19. The Morgan fingerprint density at radius 1 is 1.44 bits per heavy atom. The highest BCUT2D eigenvalue weighted by Crippen LogP contribution is 2.27. The van der Waals surface area contributed by atoms with E-state index in [0.29, 0.717) is 12.5 Å². The molecule has 0 bridgehead atoms. The van der Waals surface area contributed by atoms with Crippen LogP contribution in [-0.2, 0) is 0 Å². The van der Waals surface area contributed by atoms with Crippen molar-refractivity contribution in [3.8, 4) is 0 Å². The highest BCUT2D eigenvalue weighted by atomic mass is 79.9. The second-order valence-corrected chi connectivity index (χ2v) is 5.32. The Morgan fingerprint density at radius 3 is 3.00 bits per heavy atom. The lowest BCUT2D eigenvalue weighted by Crippen LogP contribution is -2.34. The molecule has 2 unspecified atom stereocenters. The number of hydrogen-bond acceptors (Lipinski definition) is 1. The van der Waals surface area contributed by atoms with Gasteiger partial charge in [0.1, 0.15) is 6.17 Å². The number of alkyl halides is 1. The minimum atomic E-state index is -0.854. The van der Waals surface area contributed by atoms with Gasteiger partial charge in [-0.3, -0.25) is 0 Å². The van der Waals surface area contributed by atoms with E-state index >= 15 is 0 Å². The fourth-order valence-electron chi connectivity index (χ4n) is 2.21. The third-order valence-corrected chi connectivity index (χ3v) is 3.61. The van der Waals surface area contributed by atoms with Crippen LogP contribution in [0.4, 0.5) is 4.39 Å². The van der Waals surface area contributed by atoms with Crippen LogP contribution >= 0.6 is 15.9 Å². The van der Waals surface area contributed by atoms with Crippen molar-refractivity contribution in [3.63, 3.8) is 0 Å². The summed E-state index contributed by atoms with van der Waals surface area (Å²) in [7, 11) is 0. The predicted octanol–water partition coefficient (Wildman–Crippen LogP) is 3.99. The molecule has 0 aromatic heterocycles. The number of nitrogens with one attached hydrogen (secondary N) is 1. The van der Waals surface area contributed by atoms with E-state index in [1.807, 2.05) is 24.3 Å².